The van der Waals surface area contributed by atoms with Gasteiger partial charge in [-0.2, -0.15) is 0 Å². The minimum Gasteiger partial charge on any atom is -0.729 e. The molecule has 8 heavy (non-hydrogen) atoms. The van der Waals surface area contributed by atoms with Crippen LogP contribution in [-0.4, -0.2) is 57.8 Å². The molecule has 0 aromatic carbocycles. The van der Waals surface area contributed by atoms with E-state index in [4.69, 9.17) is 38.7 Å². The first-order valence-electron chi connectivity index (χ1n) is 2.33. The third-order valence-electron chi connectivity index (χ3n) is 0.889. The zero-order valence-electron chi connectivity index (χ0n) is 4.62. The maximum atomic E-state index is 5.26. The molecule has 0 saturated heterocycles. The van der Waals surface area contributed by atoms with Crippen molar-refractivity contribution in [1.29, 1.82) is 0 Å². The van der Waals surface area contributed by atoms with Crippen molar-refractivity contribution in [2.45, 2.75) is 0 Å². The van der Waals surface area contributed by atoms with Crippen LogP contribution in [0.25, 0.3) is 0 Å². The predicted octanol–water partition coefficient (Wildman–Crippen LogP) is -3.05. The summed E-state index contributed by atoms with van der Waals surface area (Å²) in [6, 6.07) is 0. The largest absolute Gasteiger partial charge is 0.729 e. The lowest BCUT2D eigenvalue weighted by Crippen LogP contribution is -2.52. The summed E-state index contributed by atoms with van der Waals surface area (Å²) in [5.41, 5.74) is 0. The number of hydrogen-bond donors (Lipinski definition) is 0. The van der Waals surface area contributed by atoms with E-state index < -0.39 is 19.2 Å². The molecule has 0 fully saturated rings. The monoisotopic (exact) mass is 88.1 g/mol. The molecule has 0 aromatic rings. The fraction of sp³-hybridized carbons (Fsp3) is 0. The summed E-state index contributed by atoms with van der Waals surface area (Å²) in [7, 11) is 25.8. The zero-order valence-corrected chi connectivity index (χ0v) is 4.62. The molecule has 0 aliphatic heterocycles. The lowest BCUT2D eigenvalue weighted by molar-refractivity contribution is 3.62. The van der Waals surface area contributed by atoms with Crippen molar-refractivity contribution in [3.05, 3.63) is 0 Å². The quantitative estimate of drug-likeness (QED) is 0.314. The molecule has 0 nitrogen and oxygen atoms in total. The fourth-order valence-corrected chi connectivity index (χ4v) is 0.257. The molecule has 0 aliphatic carbocycles. The van der Waals surface area contributed by atoms with Crippen LogP contribution >= 0.6 is 0 Å². The Bertz CT molecular complexity index is 45.1. The molecule has 28 valence electrons. The highest BCUT2D eigenvalue weighted by Gasteiger charge is 1.79. The van der Waals surface area contributed by atoms with Gasteiger partial charge in [0.2, 0.25) is 0 Å². The minimum atomic E-state index is -0.630. The van der Waals surface area contributed by atoms with Gasteiger partial charge in [0, 0.05) is 0 Å². The molecule has 0 spiro atoms. The van der Waals surface area contributed by atoms with Gasteiger partial charge in [0.1, 0.15) is 0 Å². The molecular weight excluding hydrogens is 86.5 g/mol. The van der Waals surface area contributed by atoms with Gasteiger partial charge >= 0.3 is 0 Å². The van der Waals surface area contributed by atoms with Gasteiger partial charge in [0.05, 0.1) is 0 Å². The van der Waals surface area contributed by atoms with Crippen LogP contribution in [0.1, 0.15) is 0 Å². The molecule has 0 atom stereocenters. The van der Waals surface area contributed by atoms with E-state index in [1.165, 1.54) is 0 Å². The van der Waals surface area contributed by atoms with E-state index in [1.54, 1.807) is 0 Å². The topological polar surface area (TPSA) is 0 Å². The summed E-state index contributed by atoms with van der Waals surface area (Å²) in [5.74, 6) is 0. The van der Waals surface area contributed by atoms with Crippen LogP contribution in [-0.2, 0) is 0 Å². The standard InChI is InChI=1S/B8/c1-6(2)8(5)7(3)4/q-4. The second-order valence-electron chi connectivity index (χ2n) is 1.73. The first-order chi connectivity index (χ1) is 3.55. The van der Waals surface area contributed by atoms with E-state index in [9.17, 15) is 0 Å². The molecule has 0 aliphatic rings. The summed E-state index contributed by atoms with van der Waals surface area (Å²) in [6.45, 7) is 0. The highest BCUT2D eigenvalue weighted by atomic mass is 13.0. The van der Waals surface area contributed by atoms with Crippen molar-refractivity contribution >= 4 is 57.8 Å². The Kier molecular flexibility index (Phi) is 3.76. The molecular formula is B8-4. The third-order valence-corrected chi connectivity index (χ3v) is 0.889. The summed E-state index contributed by atoms with van der Waals surface area (Å²) in [4.78, 5) is 0. The Morgan fingerprint density at radius 1 is 0.875 bits per heavy atom. The molecule has 0 N–H and O–H groups in total. The van der Waals surface area contributed by atoms with Crippen LogP contribution < -0.4 is 0 Å². The smallest absolute Gasteiger partial charge is 0.0116 e. The van der Waals surface area contributed by atoms with Gasteiger partial charge in [0.25, 0.3) is 0 Å². The first kappa shape index (κ1) is 8.52. The maximum absolute atomic E-state index is 5.26. The van der Waals surface area contributed by atoms with Crippen molar-refractivity contribution < 1.29 is 0 Å². The van der Waals surface area contributed by atoms with E-state index in [2.05, 4.69) is 0 Å². The van der Waals surface area contributed by atoms with Gasteiger partial charge in [-0.05, 0) is 7.74 Å². The van der Waals surface area contributed by atoms with Crippen molar-refractivity contribution in [3.8, 4) is 0 Å². The number of hydrogen-bond acceptors (Lipinski definition) is 0. The Morgan fingerprint density at radius 3 is 1.12 bits per heavy atom. The van der Waals surface area contributed by atoms with Gasteiger partial charge < -0.3 is 43.7 Å². The lowest BCUT2D eigenvalue weighted by atomic mass is 8.68. The molecule has 8 heteroatoms. The van der Waals surface area contributed by atoms with Crippen molar-refractivity contribution in [2.75, 3.05) is 0 Å². The van der Waals surface area contributed by atoms with E-state index >= 15 is 0 Å². The summed E-state index contributed by atoms with van der Waals surface area (Å²) < 4.78 is 0. The Morgan fingerprint density at radius 2 is 1.12 bits per heavy atom. The molecule has 14 radical (unpaired) electrons. The van der Waals surface area contributed by atoms with Gasteiger partial charge in [-0.3, -0.25) is 0 Å². The van der Waals surface area contributed by atoms with Crippen molar-refractivity contribution in [2.24, 2.45) is 0 Å². The number of rotatable bonds is 2. The highest BCUT2D eigenvalue weighted by molar-refractivity contribution is 7.89. The van der Waals surface area contributed by atoms with Crippen LogP contribution in [0.4, 0.5) is 0 Å². The summed E-state index contributed by atoms with van der Waals surface area (Å²) in [5, 5.41) is 0. The zero-order chi connectivity index (χ0) is 6.73. The molecule has 0 bridgehead atoms. The third kappa shape index (κ3) is 2.74. The lowest BCUT2D eigenvalue weighted by Gasteiger charge is -2.55. The molecule has 0 heterocycles. The maximum Gasteiger partial charge on any atom is -0.0116 e. The molecule has 0 rings (SSSR count). The van der Waals surface area contributed by atoms with Gasteiger partial charge in [-0.25, -0.2) is 0 Å². The van der Waals surface area contributed by atoms with Gasteiger partial charge in [0.15, 0.2) is 0 Å². The van der Waals surface area contributed by atoms with Crippen LogP contribution in [0.15, 0.2) is 0 Å². The van der Waals surface area contributed by atoms with Gasteiger partial charge in [-0.15, -0.1) is 6.39 Å². The van der Waals surface area contributed by atoms with Gasteiger partial charge in [-0.1, -0.05) is 0 Å². The van der Waals surface area contributed by atoms with Crippen molar-refractivity contribution in [1.82, 2.24) is 0 Å². The molecule has 0 saturated carbocycles. The normalized spacial score (nSPS) is 8.50. The minimum absolute atomic E-state index is 0.519. The van der Waals surface area contributed by atoms with Crippen LogP contribution in [0.2, 0.25) is 0 Å². The average Bonchev–Trinajstić information content (AvgIpc) is 1.64. The Balaban J connectivity index is 3.46. The molecule has 0 unspecified atom stereocenters. The van der Waals surface area contributed by atoms with E-state index in [0.29, 0.717) is 0 Å². The second kappa shape index (κ2) is 3.53. The second-order valence-corrected chi connectivity index (χ2v) is 1.73. The molecule has 0 aromatic heterocycles. The SMILES string of the molecule is [B]B(B([B-])[B-])B([B-])[B-]. The van der Waals surface area contributed by atoms with Crippen molar-refractivity contribution in [3.63, 3.8) is 0 Å². The van der Waals surface area contributed by atoms with E-state index in [0.717, 1.165) is 0 Å². The molecule has 0 amide bonds. The Hall–Kier alpha value is 0.519. The fourth-order valence-electron chi connectivity index (χ4n) is 0.257. The van der Waals surface area contributed by atoms with Crippen LogP contribution in [0.5, 0.6) is 0 Å². The summed E-state index contributed by atoms with van der Waals surface area (Å²) >= 11 is 0. The van der Waals surface area contributed by atoms with E-state index in [-0.39, 0.29) is 0 Å². The first-order valence-corrected chi connectivity index (χ1v) is 2.33. The average molecular weight is 86.5 g/mol. The summed E-state index contributed by atoms with van der Waals surface area (Å²) in [6.07, 6.45) is -1.78. The highest BCUT2D eigenvalue weighted by Crippen LogP contribution is 1.76. The van der Waals surface area contributed by atoms with Crippen LogP contribution in [0.3, 0.4) is 0 Å². The van der Waals surface area contributed by atoms with Crippen LogP contribution in [0, 0.1) is 0 Å². The Labute approximate surface area is 58.5 Å². The predicted molar refractivity (Wildman–Crippen MR) is 46.0 cm³/mol. The van der Waals surface area contributed by atoms with E-state index in [1.807, 2.05) is 0 Å².